The highest BCUT2D eigenvalue weighted by Crippen LogP contribution is 2.21. The molecule has 14 heavy (non-hydrogen) atoms. The van der Waals surface area contributed by atoms with Gasteiger partial charge in [-0.25, -0.2) is 0 Å². The lowest BCUT2D eigenvalue weighted by Crippen LogP contribution is -2.13. The van der Waals surface area contributed by atoms with E-state index in [2.05, 4.69) is 12.2 Å². The van der Waals surface area contributed by atoms with E-state index in [9.17, 15) is 0 Å². The Labute approximate surface area is 85.3 Å². The Kier molecular flexibility index (Phi) is 4.26. The van der Waals surface area contributed by atoms with Gasteiger partial charge in [0.1, 0.15) is 5.75 Å². The van der Waals surface area contributed by atoms with Crippen LogP contribution in [-0.4, -0.2) is 13.2 Å². The number of anilines is 1. The van der Waals surface area contributed by atoms with Crippen molar-refractivity contribution < 1.29 is 4.74 Å². The van der Waals surface area contributed by atoms with Crippen LogP contribution in [0.2, 0.25) is 0 Å². The zero-order chi connectivity index (χ0) is 10.4. The maximum atomic E-state index is 5.71. The average Bonchev–Trinajstić information content (AvgIpc) is 2.18. The Morgan fingerprint density at radius 3 is 2.79 bits per heavy atom. The Morgan fingerprint density at radius 1 is 1.36 bits per heavy atom. The summed E-state index contributed by atoms with van der Waals surface area (Å²) in [4.78, 5) is 0. The van der Waals surface area contributed by atoms with Gasteiger partial charge in [0.05, 0.1) is 6.61 Å². The lowest BCUT2D eigenvalue weighted by Gasteiger charge is -2.11. The van der Waals surface area contributed by atoms with Gasteiger partial charge in [-0.05, 0) is 31.7 Å². The van der Waals surface area contributed by atoms with Gasteiger partial charge in [-0.2, -0.15) is 0 Å². The SMILES string of the molecule is CCNCc1cc(N)ccc1OCC. The number of benzene rings is 1. The Morgan fingerprint density at radius 2 is 2.14 bits per heavy atom. The minimum Gasteiger partial charge on any atom is -0.494 e. The minimum atomic E-state index is 0.684. The fourth-order valence-electron chi connectivity index (χ4n) is 1.29. The third kappa shape index (κ3) is 2.92. The monoisotopic (exact) mass is 194 g/mol. The van der Waals surface area contributed by atoms with Crippen LogP contribution in [0.15, 0.2) is 18.2 Å². The lowest BCUT2D eigenvalue weighted by molar-refractivity contribution is 0.335. The Bertz CT molecular complexity index is 287. The van der Waals surface area contributed by atoms with Crippen LogP contribution in [0.1, 0.15) is 19.4 Å². The van der Waals surface area contributed by atoms with Crippen molar-refractivity contribution in [2.75, 3.05) is 18.9 Å². The van der Waals surface area contributed by atoms with Gasteiger partial charge in [0.15, 0.2) is 0 Å². The van der Waals surface area contributed by atoms with Crippen LogP contribution in [0.25, 0.3) is 0 Å². The largest absolute Gasteiger partial charge is 0.494 e. The van der Waals surface area contributed by atoms with E-state index in [0.29, 0.717) is 6.61 Å². The van der Waals surface area contributed by atoms with E-state index in [4.69, 9.17) is 10.5 Å². The van der Waals surface area contributed by atoms with Gasteiger partial charge in [-0.3, -0.25) is 0 Å². The molecule has 0 aromatic heterocycles. The van der Waals surface area contributed by atoms with Crippen LogP contribution in [0.5, 0.6) is 5.75 Å². The standard InChI is InChI=1S/C11H18N2O/c1-3-13-8-9-7-10(12)5-6-11(9)14-4-2/h5-7,13H,3-4,8,12H2,1-2H3. The predicted molar refractivity (Wildman–Crippen MR) is 59.4 cm³/mol. The van der Waals surface area contributed by atoms with E-state index in [1.54, 1.807) is 0 Å². The lowest BCUT2D eigenvalue weighted by atomic mass is 10.2. The van der Waals surface area contributed by atoms with Gasteiger partial charge in [0.25, 0.3) is 0 Å². The summed E-state index contributed by atoms with van der Waals surface area (Å²) < 4.78 is 5.49. The van der Waals surface area contributed by atoms with Crippen molar-refractivity contribution >= 4 is 5.69 Å². The van der Waals surface area contributed by atoms with E-state index in [0.717, 1.165) is 30.1 Å². The summed E-state index contributed by atoms with van der Waals surface area (Å²) in [6.07, 6.45) is 0. The smallest absolute Gasteiger partial charge is 0.123 e. The first-order chi connectivity index (χ1) is 6.77. The average molecular weight is 194 g/mol. The van der Waals surface area contributed by atoms with Crippen LogP contribution >= 0.6 is 0 Å². The van der Waals surface area contributed by atoms with E-state index in [1.807, 2.05) is 25.1 Å². The molecule has 0 bridgehead atoms. The summed E-state index contributed by atoms with van der Waals surface area (Å²) >= 11 is 0. The number of nitrogens with one attached hydrogen (secondary N) is 1. The minimum absolute atomic E-state index is 0.684. The van der Waals surface area contributed by atoms with Gasteiger partial charge in [-0.15, -0.1) is 0 Å². The van der Waals surface area contributed by atoms with Crippen LogP contribution in [0, 0.1) is 0 Å². The maximum Gasteiger partial charge on any atom is 0.123 e. The van der Waals surface area contributed by atoms with Crippen molar-refractivity contribution in [3.8, 4) is 5.75 Å². The Hall–Kier alpha value is -1.22. The molecular formula is C11H18N2O. The molecule has 3 N–H and O–H groups in total. The Balaban J connectivity index is 2.79. The van der Waals surface area contributed by atoms with Crippen molar-refractivity contribution in [3.05, 3.63) is 23.8 Å². The van der Waals surface area contributed by atoms with Crippen LogP contribution in [-0.2, 0) is 6.54 Å². The molecule has 1 aromatic rings. The fraction of sp³-hybridized carbons (Fsp3) is 0.455. The third-order valence-corrected chi connectivity index (χ3v) is 1.95. The molecule has 0 amide bonds. The van der Waals surface area contributed by atoms with Crippen LogP contribution in [0.3, 0.4) is 0 Å². The zero-order valence-corrected chi connectivity index (χ0v) is 8.84. The first kappa shape index (κ1) is 10.9. The molecular weight excluding hydrogens is 176 g/mol. The van der Waals surface area contributed by atoms with Crippen molar-refractivity contribution in [1.82, 2.24) is 5.32 Å². The molecule has 0 saturated heterocycles. The van der Waals surface area contributed by atoms with Gasteiger partial charge in [0.2, 0.25) is 0 Å². The van der Waals surface area contributed by atoms with Gasteiger partial charge >= 0.3 is 0 Å². The van der Waals surface area contributed by atoms with Gasteiger partial charge < -0.3 is 15.8 Å². The normalized spacial score (nSPS) is 10.1. The van der Waals surface area contributed by atoms with Crippen LogP contribution in [0.4, 0.5) is 5.69 Å². The molecule has 0 saturated carbocycles. The first-order valence-corrected chi connectivity index (χ1v) is 4.99. The number of hydrogen-bond donors (Lipinski definition) is 2. The molecule has 0 spiro atoms. The summed E-state index contributed by atoms with van der Waals surface area (Å²) in [6.45, 7) is 6.49. The second-order valence-electron chi connectivity index (χ2n) is 3.08. The molecule has 0 unspecified atom stereocenters. The first-order valence-electron chi connectivity index (χ1n) is 4.99. The van der Waals surface area contributed by atoms with E-state index in [-0.39, 0.29) is 0 Å². The van der Waals surface area contributed by atoms with Crippen molar-refractivity contribution in [2.45, 2.75) is 20.4 Å². The van der Waals surface area contributed by atoms with E-state index in [1.165, 1.54) is 0 Å². The second-order valence-corrected chi connectivity index (χ2v) is 3.08. The third-order valence-electron chi connectivity index (χ3n) is 1.95. The topological polar surface area (TPSA) is 47.3 Å². The quantitative estimate of drug-likeness (QED) is 0.702. The van der Waals surface area contributed by atoms with Crippen LogP contribution < -0.4 is 15.8 Å². The molecule has 0 radical (unpaired) electrons. The number of nitrogen functional groups attached to an aromatic ring is 1. The summed E-state index contributed by atoms with van der Waals surface area (Å²) in [5.74, 6) is 0.919. The molecule has 3 heteroatoms. The van der Waals surface area contributed by atoms with E-state index < -0.39 is 0 Å². The molecule has 0 fully saturated rings. The summed E-state index contributed by atoms with van der Waals surface area (Å²) in [7, 11) is 0. The van der Waals surface area contributed by atoms with Crippen molar-refractivity contribution in [2.24, 2.45) is 0 Å². The number of hydrogen-bond acceptors (Lipinski definition) is 3. The van der Waals surface area contributed by atoms with Crippen molar-refractivity contribution in [1.29, 1.82) is 0 Å². The van der Waals surface area contributed by atoms with Gasteiger partial charge in [0, 0.05) is 17.8 Å². The molecule has 0 heterocycles. The zero-order valence-electron chi connectivity index (χ0n) is 8.84. The summed E-state index contributed by atoms with van der Waals surface area (Å²) in [6, 6.07) is 5.74. The molecule has 3 nitrogen and oxygen atoms in total. The second kappa shape index (κ2) is 5.50. The molecule has 1 aromatic carbocycles. The maximum absolute atomic E-state index is 5.71. The highest BCUT2D eigenvalue weighted by Gasteiger charge is 2.02. The fourth-order valence-corrected chi connectivity index (χ4v) is 1.29. The molecule has 0 aliphatic carbocycles. The molecule has 1 rings (SSSR count). The number of nitrogens with two attached hydrogens (primary N) is 1. The van der Waals surface area contributed by atoms with E-state index >= 15 is 0 Å². The number of ether oxygens (including phenoxy) is 1. The molecule has 0 aliphatic heterocycles. The highest BCUT2D eigenvalue weighted by atomic mass is 16.5. The number of rotatable bonds is 5. The summed E-state index contributed by atoms with van der Waals surface area (Å²) in [5, 5.41) is 3.26. The molecule has 78 valence electrons. The van der Waals surface area contributed by atoms with Crippen molar-refractivity contribution in [3.63, 3.8) is 0 Å². The highest BCUT2D eigenvalue weighted by molar-refractivity contribution is 5.47. The molecule has 0 atom stereocenters. The predicted octanol–water partition coefficient (Wildman–Crippen LogP) is 1.78. The summed E-state index contributed by atoms with van der Waals surface area (Å²) in [5.41, 5.74) is 7.61. The molecule has 0 aliphatic rings. The van der Waals surface area contributed by atoms with Gasteiger partial charge in [-0.1, -0.05) is 6.92 Å².